The largest absolute Gasteiger partial charge is 0.465 e. The van der Waals surface area contributed by atoms with Gasteiger partial charge in [0.25, 0.3) is 0 Å². The SMILES string of the molecule is CCCCOC(=O)Cc1ccc2c(c1)OCO2. The fraction of sp³-hybridized carbons (Fsp3) is 0.462. The minimum absolute atomic E-state index is 0.197. The molecule has 0 aromatic heterocycles. The highest BCUT2D eigenvalue weighted by Crippen LogP contribution is 2.32. The molecule has 17 heavy (non-hydrogen) atoms. The van der Waals surface area contributed by atoms with Crippen molar-refractivity contribution in [1.29, 1.82) is 0 Å². The van der Waals surface area contributed by atoms with Gasteiger partial charge in [0.2, 0.25) is 6.79 Å². The van der Waals surface area contributed by atoms with Crippen LogP contribution in [0.4, 0.5) is 0 Å². The molecule has 0 saturated heterocycles. The molecule has 0 saturated carbocycles. The molecule has 0 spiro atoms. The van der Waals surface area contributed by atoms with Gasteiger partial charge in [-0.1, -0.05) is 19.4 Å². The molecule has 0 unspecified atom stereocenters. The quantitative estimate of drug-likeness (QED) is 0.581. The van der Waals surface area contributed by atoms with Gasteiger partial charge >= 0.3 is 5.97 Å². The zero-order valence-electron chi connectivity index (χ0n) is 9.90. The standard InChI is InChI=1S/C13H16O4/c1-2-3-6-15-13(14)8-10-4-5-11-12(7-10)17-9-16-11/h4-5,7H,2-3,6,8-9H2,1H3. The van der Waals surface area contributed by atoms with E-state index in [1.807, 2.05) is 18.2 Å². The van der Waals surface area contributed by atoms with Crippen LogP contribution in [0.2, 0.25) is 0 Å². The lowest BCUT2D eigenvalue weighted by molar-refractivity contribution is -0.142. The number of unbranched alkanes of at least 4 members (excludes halogenated alkanes) is 1. The van der Waals surface area contributed by atoms with Crippen molar-refractivity contribution in [3.63, 3.8) is 0 Å². The van der Waals surface area contributed by atoms with Crippen LogP contribution in [0.25, 0.3) is 0 Å². The molecule has 0 aliphatic carbocycles. The molecule has 0 amide bonds. The summed E-state index contributed by atoms with van der Waals surface area (Å²) in [4.78, 5) is 11.5. The van der Waals surface area contributed by atoms with Crippen LogP contribution in [0.5, 0.6) is 11.5 Å². The van der Waals surface area contributed by atoms with E-state index in [9.17, 15) is 4.79 Å². The van der Waals surface area contributed by atoms with Gasteiger partial charge in [0, 0.05) is 0 Å². The van der Waals surface area contributed by atoms with E-state index in [2.05, 4.69) is 6.92 Å². The number of hydrogen-bond acceptors (Lipinski definition) is 4. The second-order valence-electron chi connectivity index (χ2n) is 3.94. The highest BCUT2D eigenvalue weighted by atomic mass is 16.7. The van der Waals surface area contributed by atoms with Gasteiger partial charge in [-0.15, -0.1) is 0 Å². The maximum Gasteiger partial charge on any atom is 0.310 e. The fourth-order valence-corrected chi connectivity index (χ4v) is 1.60. The minimum atomic E-state index is -0.197. The normalized spacial score (nSPS) is 12.5. The van der Waals surface area contributed by atoms with Crippen LogP contribution in [0.1, 0.15) is 25.3 Å². The van der Waals surface area contributed by atoms with Gasteiger partial charge in [-0.3, -0.25) is 4.79 Å². The minimum Gasteiger partial charge on any atom is -0.465 e. The Kier molecular flexibility index (Phi) is 3.85. The van der Waals surface area contributed by atoms with E-state index >= 15 is 0 Å². The van der Waals surface area contributed by atoms with Gasteiger partial charge in [0.05, 0.1) is 13.0 Å². The first kappa shape index (κ1) is 11.8. The van der Waals surface area contributed by atoms with Crippen LogP contribution in [0.3, 0.4) is 0 Å². The maximum atomic E-state index is 11.5. The van der Waals surface area contributed by atoms with Crippen LogP contribution < -0.4 is 9.47 Å². The number of esters is 1. The van der Waals surface area contributed by atoms with Crippen LogP contribution in [0, 0.1) is 0 Å². The van der Waals surface area contributed by atoms with Crippen molar-refractivity contribution >= 4 is 5.97 Å². The number of carbonyl (C=O) groups excluding carboxylic acids is 1. The van der Waals surface area contributed by atoms with Crippen LogP contribution >= 0.6 is 0 Å². The first-order valence-electron chi connectivity index (χ1n) is 5.83. The number of ether oxygens (including phenoxy) is 3. The molecule has 4 heteroatoms. The predicted octanol–water partition coefficient (Wildman–Crippen LogP) is 2.30. The molecular weight excluding hydrogens is 220 g/mol. The van der Waals surface area contributed by atoms with Gasteiger partial charge in [-0.2, -0.15) is 0 Å². The summed E-state index contributed by atoms with van der Waals surface area (Å²) in [5, 5.41) is 0. The average Bonchev–Trinajstić information content (AvgIpc) is 2.76. The summed E-state index contributed by atoms with van der Waals surface area (Å²) >= 11 is 0. The Morgan fingerprint density at radius 2 is 2.18 bits per heavy atom. The molecule has 0 atom stereocenters. The van der Waals surface area contributed by atoms with Gasteiger partial charge in [0.1, 0.15) is 0 Å². The Hall–Kier alpha value is -1.71. The Bertz CT molecular complexity index is 400. The Labute approximate surface area is 100 Å². The van der Waals surface area contributed by atoms with Crippen molar-refractivity contribution in [3.8, 4) is 11.5 Å². The lowest BCUT2D eigenvalue weighted by Crippen LogP contribution is -2.08. The summed E-state index contributed by atoms with van der Waals surface area (Å²) in [5.41, 5.74) is 0.885. The molecule has 1 heterocycles. The van der Waals surface area contributed by atoms with Crippen molar-refractivity contribution in [2.24, 2.45) is 0 Å². The number of benzene rings is 1. The predicted molar refractivity (Wildman–Crippen MR) is 62.1 cm³/mol. The van der Waals surface area contributed by atoms with Crippen molar-refractivity contribution in [2.75, 3.05) is 13.4 Å². The first-order chi connectivity index (χ1) is 8.29. The highest BCUT2D eigenvalue weighted by Gasteiger charge is 2.14. The van der Waals surface area contributed by atoms with E-state index in [-0.39, 0.29) is 19.2 Å². The molecule has 0 fully saturated rings. The summed E-state index contributed by atoms with van der Waals surface area (Å²) in [7, 11) is 0. The Morgan fingerprint density at radius 1 is 1.35 bits per heavy atom. The number of carbonyl (C=O) groups is 1. The van der Waals surface area contributed by atoms with Gasteiger partial charge in [-0.05, 0) is 24.1 Å². The second-order valence-corrected chi connectivity index (χ2v) is 3.94. The van der Waals surface area contributed by atoms with Crippen molar-refractivity contribution in [2.45, 2.75) is 26.2 Å². The Balaban J connectivity index is 1.88. The molecule has 1 aromatic carbocycles. The van der Waals surface area contributed by atoms with Gasteiger partial charge in [0.15, 0.2) is 11.5 Å². The Morgan fingerprint density at radius 3 is 3.00 bits per heavy atom. The van der Waals surface area contributed by atoms with Gasteiger partial charge in [-0.25, -0.2) is 0 Å². The third-order valence-electron chi connectivity index (χ3n) is 2.55. The average molecular weight is 236 g/mol. The first-order valence-corrected chi connectivity index (χ1v) is 5.83. The molecule has 0 radical (unpaired) electrons. The number of rotatable bonds is 5. The number of fused-ring (bicyclic) bond motifs is 1. The molecule has 2 rings (SSSR count). The van der Waals surface area contributed by atoms with Crippen LogP contribution in [0.15, 0.2) is 18.2 Å². The van der Waals surface area contributed by atoms with E-state index in [1.54, 1.807) is 0 Å². The molecule has 0 bridgehead atoms. The summed E-state index contributed by atoms with van der Waals surface area (Å²) < 4.78 is 15.5. The van der Waals surface area contributed by atoms with Crippen molar-refractivity contribution in [3.05, 3.63) is 23.8 Å². The molecule has 92 valence electrons. The molecular formula is C13H16O4. The molecule has 1 aliphatic heterocycles. The lowest BCUT2D eigenvalue weighted by atomic mass is 10.1. The lowest BCUT2D eigenvalue weighted by Gasteiger charge is -2.04. The van der Waals surface area contributed by atoms with Crippen molar-refractivity contribution < 1.29 is 19.0 Å². The van der Waals surface area contributed by atoms with E-state index in [0.29, 0.717) is 12.4 Å². The summed E-state index contributed by atoms with van der Waals surface area (Å²) in [5.74, 6) is 1.23. The monoisotopic (exact) mass is 236 g/mol. The highest BCUT2D eigenvalue weighted by molar-refractivity contribution is 5.73. The van der Waals surface area contributed by atoms with Crippen LogP contribution in [-0.2, 0) is 16.0 Å². The van der Waals surface area contributed by atoms with Crippen molar-refractivity contribution in [1.82, 2.24) is 0 Å². The smallest absolute Gasteiger partial charge is 0.310 e. The van der Waals surface area contributed by atoms with E-state index in [4.69, 9.17) is 14.2 Å². The fourth-order valence-electron chi connectivity index (χ4n) is 1.60. The molecule has 1 aliphatic rings. The molecule has 1 aromatic rings. The van der Waals surface area contributed by atoms with Gasteiger partial charge < -0.3 is 14.2 Å². The summed E-state index contributed by atoms with van der Waals surface area (Å²) in [6, 6.07) is 5.50. The molecule has 4 nitrogen and oxygen atoms in total. The van der Waals surface area contributed by atoms with E-state index in [1.165, 1.54) is 0 Å². The third kappa shape index (κ3) is 3.12. The van der Waals surface area contributed by atoms with E-state index in [0.717, 1.165) is 24.2 Å². The van der Waals surface area contributed by atoms with Crippen LogP contribution in [-0.4, -0.2) is 19.4 Å². The molecule has 0 N–H and O–H groups in total. The number of hydrogen-bond donors (Lipinski definition) is 0. The third-order valence-corrected chi connectivity index (χ3v) is 2.55. The van der Waals surface area contributed by atoms with E-state index < -0.39 is 0 Å². The second kappa shape index (κ2) is 5.57. The topological polar surface area (TPSA) is 44.8 Å². The zero-order chi connectivity index (χ0) is 12.1. The maximum absolute atomic E-state index is 11.5. The summed E-state index contributed by atoms with van der Waals surface area (Å²) in [6.45, 7) is 2.81. The zero-order valence-corrected chi connectivity index (χ0v) is 9.90. The summed E-state index contributed by atoms with van der Waals surface area (Å²) in [6.07, 6.45) is 2.21.